The van der Waals surface area contributed by atoms with E-state index in [0.717, 1.165) is 16.2 Å². The summed E-state index contributed by atoms with van der Waals surface area (Å²) < 4.78 is 0. The molecule has 9 fully saturated rings. The Bertz CT molecular complexity index is 512. The third kappa shape index (κ3) is 0.416. The van der Waals surface area contributed by atoms with Crippen molar-refractivity contribution in [2.24, 2.45) is 63.6 Å². The average molecular weight is 238 g/mol. The second kappa shape index (κ2) is 1.81. The molecule has 3 spiro atoms. The van der Waals surface area contributed by atoms with Gasteiger partial charge in [-0.2, -0.15) is 0 Å². The summed E-state index contributed by atoms with van der Waals surface area (Å²) in [5.41, 5.74) is 2.92. The summed E-state index contributed by atoms with van der Waals surface area (Å²) in [5, 5.41) is 0. The molecule has 0 radical (unpaired) electrons. The van der Waals surface area contributed by atoms with Crippen LogP contribution < -0.4 is 0 Å². The second-order valence-electron chi connectivity index (χ2n) is 9.95. The van der Waals surface area contributed by atoms with Crippen molar-refractivity contribution in [2.75, 3.05) is 0 Å². The molecule has 6 atom stereocenters. The Morgan fingerprint density at radius 3 is 1.72 bits per heavy atom. The van der Waals surface area contributed by atoms with Crippen LogP contribution in [0.3, 0.4) is 0 Å². The highest BCUT2D eigenvalue weighted by Crippen LogP contribution is 2.99. The summed E-state index contributed by atoms with van der Waals surface area (Å²) in [6.45, 7) is 0. The third-order valence-corrected chi connectivity index (χ3v) is 11.2. The quantitative estimate of drug-likeness (QED) is 0.603. The van der Waals surface area contributed by atoms with Gasteiger partial charge in [-0.15, -0.1) is 0 Å². The van der Waals surface area contributed by atoms with E-state index in [1.807, 2.05) is 0 Å². The largest absolute Gasteiger partial charge is 0.0464 e. The first-order valence-corrected chi connectivity index (χ1v) is 8.82. The predicted octanol–water partition coefficient (Wildman–Crippen LogP) is 3.71. The number of hydrogen-bond donors (Lipinski definition) is 0. The molecule has 9 aliphatic rings. The summed E-state index contributed by atoms with van der Waals surface area (Å²) in [7, 11) is 0. The zero-order chi connectivity index (χ0) is 11.1. The van der Waals surface area contributed by atoms with E-state index >= 15 is 0 Å². The lowest BCUT2D eigenvalue weighted by atomic mass is 9.18. The minimum absolute atomic E-state index is 0.947. The number of rotatable bonds is 0. The molecule has 0 aromatic carbocycles. The molecule has 0 saturated heterocycles. The van der Waals surface area contributed by atoms with E-state index in [2.05, 4.69) is 0 Å². The fraction of sp³-hybridized carbons (Fsp3) is 1.00. The monoisotopic (exact) mass is 238 g/mol. The van der Waals surface area contributed by atoms with Crippen LogP contribution in [0.25, 0.3) is 0 Å². The Morgan fingerprint density at radius 1 is 0.611 bits per heavy atom. The zero-order valence-electron chi connectivity index (χ0n) is 11.1. The third-order valence-electron chi connectivity index (χ3n) is 11.2. The molecule has 3 bridgehead atoms. The lowest BCUT2D eigenvalue weighted by molar-refractivity contribution is -0.386. The molecule has 9 saturated carbocycles. The van der Waals surface area contributed by atoms with Gasteiger partial charge in [0.15, 0.2) is 0 Å². The standard InChI is InChI=1S/C18H22/c1-2-17-8-3-10(17)14-12-5-9-6-13-15(11(17)4-8)16(1,14)7-18(9,12)13/h8-15H,1-7H2. The van der Waals surface area contributed by atoms with Crippen molar-refractivity contribution in [3.05, 3.63) is 0 Å². The summed E-state index contributed by atoms with van der Waals surface area (Å²) in [6.07, 6.45) is 11.9. The Kier molecular flexibility index (Phi) is 0.838. The maximum atomic E-state index is 1.75. The van der Waals surface area contributed by atoms with E-state index in [4.69, 9.17) is 0 Å². The average Bonchev–Trinajstić information content (AvgIpc) is 2.75. The highest BCUT2D eigenvalue weighted by atomic mass is 15.0. The van der Waals surface area contributed by atoms with E-state index < -0.39 is 0 Å². The van der Waals surface area contributed by atoms with Crippen LogP contribution in [0, 0.1) is 63.6 Å². The van der Waals surface area contributed by atoms with Gasteiger partial charge in [0.2, 0.25) is 0 Å². The molecule has 18 heavy (non-hydrogen) atoms. The SMILES string of the molecule is C1C2CC3C4C5CC6CC7C8C1C23CCC84CC675. The smallest absolute Gasteiger partial charge is 0.0201 e. The van der Waals surface area contributed by atoms with Crippen molar-refractivity contribution in [3.63, 3.8) is 0 Å². The Balaban J connectivity index is 1.49. The van der Waals surface area contributed by atoms with Crippen molar-refractivity contribution in [1.82, 2.24) is 0 Å². The molecule has 0 aromatic rings. The first-order valence-electron chi connectivity index (χ1n) is 8.82. The van der Waals surface area contributed by atoms with E-state index in [9.17, 15) is 0 Å². The Morgan fingerprint density at radius 2 is 1.17 bits per heavy atom. The zero-order valence-corrected chi connectivity index (χ0v) is 11.1. The van der Waals surface area contributed by atoms with Crippen LogP contribution in [0.5, 0.6) is 0 Å². The fourth-order valence-corrected chi connectivity index (χ4v) is 11.3. The molecule has 6 unspecified atom stereocenters. The van der Waals surface area contributed by atoms with Crippen LogP contribution in [0.15, 0.2) is 0 Å². The summed E-state index contributed by atoms with van der Waals surface area (Å²) >= 11 is 0. The molecule has 0 aromatic heterocycles. The van der Waals surface area contributed by atoms with E-state index in [1.165, 1.54) is 47.3 Å². The maximum Gasteiger partial charge on any atom is -0.0201 e. The molecular weight excluding hydrogens is 216 g/mol. The van der Waals surface area contributed by atoms with Gasteiger partial charge >= 0.3 is 0 Å². The van der Waals surface area contributed by atoms with Crippen LogP contribution in [-0.2, 0) is 0 Å². The van der Waals surface area contributed by atoms with E-state index in [0.29, 0.717) is 0 Å². The number of hydrogen-bond acceptors (Lipinski definition) is 0. The molecule has 0 heteroatoms. The summed E-state index contributed by atoms with van der Waals surface area (Å²) in [5.74, 6) is 10.1. The van der Waals surface area contributed by atoms with Gasteiger partial charge in [0.25, 0.3) is 0 Å². The first-order chi connectivity index (χ1) is 8.82. The van der Waals surface area contributed by atoms with Crippen molar-refractivity contribution in [3.8, 4) is 0 Å². The van der Waals surface area contributed by atoms with Gasteiger partial charge in [-0.1, -0.05) is 0 Å². The van der Waals surface area contributed by atoms with Crippen molar-refractivity contribution < 1.29 is 0 Å². The summed E-state index contributed by atoms with van der Waals surface area (Å²) in [6, 6.07) is 0. The van der Waals surface area contributed by atoms with Crippen molar-refractivity contribution >= 4 is 0 Å². The molecule has 0 heterocycles. The highest BCUT2D eigenvalue weighted by molar-refractivity contribution is 5.40. The molecule has 0 nitrogen and oxygen atoms in total. The Hall–Kier alpha value is 0. The molecule has 9 aliphatic carbocycles. The summed E-state index contributed by atoms with van der Waals surface area (Å²) in [4.78, 5) is 0. The van der Waals surface area contributed by atoms with Crippen LogP contribution in [-0.4, -0.2) is 0 Å². The highest BCUT2D eigenvalue weighted by Gasteiger charge is 2.93. The molecule has 0 amide bonds. The molecule has 0 N–H and O–H groups in total. The van der Waals surface area contributed by atoms with Crippen LogP contribution in [0.2, 0.25) is 0 Å². The molecule has 9 rings (SSSR count). The van der Waals surface area contributed by atoms with Gasteiger partial charge in [-0.3, -0.25) is 0 Å². The Labute approximate surface area is 109 Å². The minimum atomic E-state index is 0.947. The van der Waals surface area contributed by atoms with E-state index in [1.54, 1.807) is 44.9 Å². The predicted molar refractivity (Wildman–Crippen MR) is 67.5 cm³/mol. The molecule has 0 aliphatic heterocycles. The molecular formula is C18H22. The number of fused-ring (bicyclic) bond motifs is 1. The fourth-order valence-electron chi connectivity index (χ4n) is 11.3. The van der Waals surface area contributed by atoms with Gasteiger partial charge in [0.1, 0.15) is 0 Å². The van der Waals surface area contributed by atoms with Crippen LogP contribution in [0.4, 0.5) is 0 Å². The van der Waals surface area contributed by atoms with Crippen molar-refractivity contribution in [1.29, 1.82) is 0 Å². The van der Waals surface area contributed by atoms with Gasteiger partial charge in [0.05, 0.1) is 0 Å². The second-order valence-corrected chi connectivity index (χ2v) is 9.95. The maximum absolute atomic E-state index is 1.75. The first kappa shape index (κ1) is 8.32. The van der Waals surface area contributed by atoms with Gasteiger partial charge in [-0.05, 0) is 109 Å². The lowest BCUT2D eigenvalue weighted by Gasteiger charge is -2.86. The topological polar surface area (TPSA) is 0 Å². The van der Waals surface area contributed by atoms with Crippen LogP contribution >= 0.6 is 0 Å². The normalized spacial score (nSPS) is 89.3. The minimum Gasteiger partial charge on any atom is -0.0464 e. The van der Waals surface area contributed by atoms with Gasteiger partial charge in [-0.25, -0.2) is 0 Å². The van der Waals surface area contributed by atoms with E-state index in [-0.39, 0.29) is 0 Å². The lowest BCUT2D eigenvalue weighted by Crippen LogP contribution is -2.81. The van der Waals surface area contributed by atoms with Crippen molar-refractivity contribution in [2.45, 2.75) is 44.9 Å². The van der Waals surface area contributed by atoms with Gasteiger partial charge in [0, 0.05) is 0 Å². The molecule has 94 valence electrons. The van der Waals surface area contributed by atoms with Gasteiger partial charge < -0.3 is 0 Å². The van der Waals surface area contributed by atoms with Crippen LogP contribution in [0.1, 0.15) is 44.9 Å².